The summed E-state index contributed by atoms with van der Waals surface area (Å²) in [5.74, 6) is 1.49. The Hall–Kier alpha value is -4.76. The number of anilines is 2. The predicted molar refractivity (Wildman–Crippen MR) is 171 cm³/mol. The maximum Gasteiger partial charge on any atom is 0.135 e. The molecule has 2 aliphatic carbocycles. The second-order valence-electron chi connectivity index (χ2n) is 11.7. The van der Waals surface area contributed by atoms with Gasteiger partial charge in [-0.2, -0.15) is 0 Å². The molecule has 4 aromatic carbocycles. The van der Waals surface area contributed by atoms with E-state index < -0.39 is 0 Å². The van der Waals surface area contributed by atoms with E-state index in [-0.39, 0.29) is 5.54 Å². The summed E-state index contributed by atoms with van der Waals surface area (Å²) in [5.41, 5.74) is 8.60. The summed E-state index contributed by atoms with van der Waals surface area (Å²) in [6.45, 7) is 4.60. The Morgan fingerprint density at radius 2 is 1.44 bits per heavy atom. The van der Waals surface area contributed by atoms with Crippen LogP contribution in [0.2, 0.25) is 0 Å². The molecule has 8 rings (SSSR count). The fourth-order valence-corrected chi connectivity index (χ4v) is 6.61. The zero-order valence-electron chi connectivity index (χ0n) is 23.3. The molecule has 0 N–H and O–H groups in total. The largest absolute Gasteiger partial charge is 0.456 e. The first-order valence-electron chi connectivity index (χ1n) is 14.5. The summed E-state index contributed by atoms with van der Waals surface area (Å²) in [4.78, 5) is 2.49. The van der Waals surface area contributed by atoms with Crippen LogP contribution in [0.4, 0.5) is 11.4 Å². The van der Waals surface area contributed by atoms with E-state index in [0.29, 0.717) is 5.92 Å². The highest BCUT2D eigenvalue weighted by atomic mass is 16.3. The van der Waals surface area contributed by atoms with E-state index in [1.54, 1.807) is 0 Å². The van der Waals surface area contributed by atoms with Gasteiger partial charge >= 0.3 is 0 Å². The Balaban J connectivity index is 1.29. The molecular formula is C38H31NO2. The van der Waals surface area contributed by atoms with Crippen LogP contribution in [0, 0.1) is 5.92 Å². The first-order valence-corrected chi connectivity index (χ1v) is 14.5. The molecule has 0 saturated heterocycles. The molecule has 3 nitrogen and oxygen atoms in total. The number of allylic oxidation sites excluding steroid dienone is 3. The third kappa shape index (κ3) is 3.95. The zero-order chi connectivity index (χ0) is 27.6. The molecular weight excluding hydrogens is 502 g/mol. The minimum Gasteiger partial charge on any atom is -0.456 e. The predicted octanol–water partition coefficient (Wildman–Crippen LogP) is 10.5. The molecule has 200 valence electrons. The molecule has 0 fully saturated rings. The number of fused-ring (bicyclic) bond motifs is 6. The second-order valence-corrected chi connectivity index (χ2v) is 11.7. The number of furan rings is 2. The topological polar surface area (TPSA) is 29.5 Å². The van der Waals surface area contributed by atoms with Gasteiger partial charge in [-0.3, -0.25) is 0 Å². The zero-order valence-corrected chi connectivity index (χ0v) is 23.3. The van der Waals surface area contributed by atoms with Gasteiger partial charge in [-0.15, -0.1) is 0 Å². The lowest BCUT2D eigenvalue weighted by Crippen LogP contribution is -2.42. The van der Waals surface area contributed by atoms with Gasteiger partial charge < -0.3 is 13.7 Å². The van der Waals surface area contributed by atoms with Crippen molar-refractivity contribution in [1.82, 2.24) is 0 Å². The highest BCUT2D eigenvalue weighted by Crippen LogP contribution is 2.44. The third-order valence-electron chi connectivity index (χ3n) is 8.76. The molecule has 0 bridgehead atoms. The molecule has 0 aliphatic heterocycles. The van der Waals surface area contributed by atoms with Gasteiger partial charge in [0.1, 0.15) is 22.5 Å². The van der Waals surface area contributed by atoms with Gasteiger partial charge in [0.15, 0.2) is 0 Å². The molecule has 41 heavy (non-hydrogen) atoms. The number of hydrogen-bond acceptors (Lipinski definition) is 3. The van der Waals surface area contributed by atoms with Gasteiger partial charge in [-0.05, 0) is 85.4 Å². The Kier molecular flexibility index (Phi) is 5.36. The number of benzene rings is 4. The molecule has 2 aromatic heterocycles. The highest BCUT2D eigenvalue weighted by molar-refractivity contribution is 6.06. The summed E-state index contributed by atoms with van der Waals surface area (Å²) in [6.07, 6.45) is 13.3. The van der Waals surface area contributed by atoms with Crippen LogP contribution in [0.1, 0.15) is 37.2 Å². The SMILES string of the molecule is CC1C=Cc2oc3ccc(N(c4ccc5oc6ccccc6c5c4)C4(C)C=CC(c5ccccc5)=CC4)cc3c2C1. The van der Waals surface area contributed by atoms with E-state index in [1.165, 1.54) is 22.1 Å². The smallest absolute Gasteiger partial charge is 0.135 e. The van der Waals surface area contributed by atoms with Crippen LogP contribution in [-0.4, -0.2) is 5.54 Å². The molecule has 2 atom stereocenters. The number of para-hydroxylation sites is 1. The van der Waals surface area contributed by atoms with Crippen LogP contribution in [-0.2, 0) is 6.42 Å². The number of hydrogen-bond donors (Lipinski definition) is 0. The Morgan fingerprint density at radius 3 is 2.22 bits per heavy atom. The van der Waals surface area contributed by atoms with Gasteiger partial charge in [-0.1, -0.05) is 79.8 Å². The summed E-state index contributed by atoms with van der Waals surface area (Å²) in [6, 6.07) is 32.2. The van der Waals surface area contributed by atoms with Crippen molar-refractivity contribution in [2.45, 2.75) is 32.2 Å². The quantitative estimate of drug-likeness (QED) is 0.226. The maximum absolute atomic E-state index is 6.27. The van der Waals surface area contributed by atoms with Crippen LogP contribution in [0.5, 0.6) is 0 Å². The van der Waals surface area contributed by atoms with Crippen LogP contribution in [0.25, 0.3) is 44.6 Å². The fourth-order valence-electron chi connectivity index (χ4n) is 6.61. The van der Waals surface area contributed by atoms with E-state index in [9.17, 15) is 0 Å². The van der Waals surface area contributed by atoms with Gasteiger partial charge in [-0.25, -0.2) is 0 Å². The summed E-state index contributed by atoms with van der Waals surface area (Å²) < 4.78 is 12.5. The fraction of sp³-hybridized carbons (Fsp3) is 0.158. The van der Waals surface area contributed by atoms with E-state index in [2.05, 4.69) is 128 Å². The van der Waals surface area contributed by atoms with Crippen LogP contribution in [0.3, 0.4) is 0 Å². The molecule has 0 spiro atoms. The van der Waals surface area contributed by atoms with Gasteiger partial charge in [0.2, 0.25) is 0 Å². The van der Waals surface area contributed by atoms with Crippen molar-refractivity contribution in [3.8, 4) is 0 Å². The van der Waals surface area contributed by atoms with Crippen molar-refractivity contribution in [1.29, 1.82) is 0 Å². The summed E-state index contributed by atoms with van der Waals surface area (Å²) in [7, 11) is 0. The Labute approximate surface area is 239 Å². The van der Waals surface area contributed by atoms with Crippen molar-refractivity contribution in [2.24, 2.45) is 5.92 Å². The second kappa shape index (κ2) is 9.14. The molecule has 0 saturated carbocycles. The van der Waals surface area contributed by atoms with Crippen LogP contribution >= 0.6 is 0 Å². The van der Waals surface area contributed by atoms with Crippen molar-refractivity contribution < 1.29 is 8.83 Å². The normalized spacial score (nSPS) is 20.0. The minimum atomic E-state index is -0.282. The van der Waals surface area contributed by atoms with Crippen molar-refractivity contribution in [3.63, 3.8) is 0 Å². The molecule has 2 heterocycles. The molecule has 0 radical (unpaired) electrons. The number of rotatable bonds is 4. The molecule has 6 aromatic rings. The highest BCUT2D eigenvalue weighted by Gasteiger charge is 2.33. The van der Waals surface area contributed by atoms with Gasteiger partial charge in [0.05, 0.1) is 5.54 Å². The summed E-state index contributed by atoms with van der Waals surface area (Å²) >= 11 is 0. The maximum atomic E-state index is 6.27. The lowest BCUT2D eigenvalue weighted by molar-refractivity contribution is 0.571. The monoisotopic (exact) mass is 533 g/mol. The van der Waals surface area contributed by atoms with Crippen molar-refractivity contribution in [3.05, 3.63) is 132 Å². The van der Waals surface area contributed by atoms with E-state index in [4.69, 9.17) is 8.83 Å². The van der Waals surface area contributed by atoms with Gasteiger partial charge in [0, 0.05) is 33.1 Å². The molecule has 0 amide bonds. The van der Waals surface area contributed by atoms with Crippen LogP contribution < -0.4 is 4.90 Å². The van der Waals surface area contributed by atoms with E-state index in [0.717, 1.165) is 57.5 Å². The third-order valence-corrected chi connectivity index (χ3v) is 8.76. The average Bonchev–Trinajstić information content (AvgIpc) is 3.55. The lowest BCUT2D eigenvalue weighted by atomic mass is 9.85. The first-order chi connectivity index (χ1) is 20.1. The molecule has 2 unspecified atom stereocenters. The van der Waals surface area contributed by atoms with E-state index >= 15 is 0 Å². The minimum absolute atomic E-state index is 0.282. The lowest BCUT2D eigenvalue weighted by Gasteiger charge is -2.42. The number of nitrogens with zero attached hydrogens (tertiary/aromatic N) is 1. The Morgan fingerprint density at radius 1 is 0.732 bits per heavy atom. The Bertz CT molecular complexity index is 2040. The first kappa shape index (κ1) is 24.1. The van der Waals surface area contributed by atoms with Crippen LogP contribution in [0.15, 0.2) is 124 Å². The summed E-state index contributed by atoms with van der Waals surface area (Å²) in [5, 5.41) is 3.48. The van der Waals surface area contributed by atoms with Gasteiger partial charge in [0.25, 0.3) is 0 Å². The van der Waals surface area contributed by atoms with E-state index in [1.807, 2.05) is 12.1 Å². The average molecular weight is 534 g/mol. The standard InChI is InChI=1S/C38H31NO2/c1-25-12-15-35-31(22-25)33-24-29(14-17-37(33)41-35)39(38(2)20-18-27(19-21-38)26-8-4-3-5-9-26)28-13-16-36-32(23-28)30-10-6-7-11-34(30)40-36/h3-20,23-25H,21-22H2,1-2H3. The van der Waals surface area contributed by atoms with Crippen molar-refractivity contribution >= 4 is 55.9 Å². The molecule has 2 aliphatic rings. The van der Waals surface area contributed by atoms with Crippen molar-refractivity contribution in [2.75, 3.05) is 4.90 Å². The molecule has 3 heteroatoms.